The molecule has 2 rings (SSSR count). The van der Waals surface area contributed by atoms with Crippen LogP contribution in [-0.4, -0.2) is 23.9 Å². The van der Waals surface area contributed by atoms with E-state index in [1.54, 1.807) is 17.0 Å². The van der Waals surface area contributed by atoms with Crippen LogP contribution in [0.5, 0.6) is 0 Å². The molecule has 0 aliphatic carbocycles. The SMILES string of the molecule is C=CCN1C(N)=NCC1c1ccc(F)c(F)c1. The van der Waals surface area contributed by atoms with E-state index in [1.165, 1.54) is 6.07 Å². The number of benzene rings is 1. The van der Waals surface area contributed by atoms with Gasteiger partial charge >= 0.3 is 0 Å². The number of halogens is 2. The highest BCUT2D eigenvalue weighted by Crippen LogP contribution is 2.26. The van der Waals surface area contributed by atoms with Crippen molar-refractivity contribution < 1.29 is 8.78 Å². The van der Waals surface area contributed by atoms with E-state index in [1.807, 2.05) is 0 Å². The molecular formula is C12H13F2N3. The molecule has 1 aromatic carbocycles. The smallest absolute Gasteiger partial charge is 0.192 e. The second kappa shape index (κ2) is 4.53. The zero-order valence-corrected chi connectivity index (χ0v) is 9.24. The van der Waals surface area contributed by atoms with E-state index in [9.17, 15) is 8.78 Å². The van der Waals surface area contributed by atoms with E-state index in [2.05, 4.69) is 11.6 Å². The lowest BCUT2D eigenvalue weighted by molar-refractivity contribution is 0.377. The summed E-state index contributed by atoms with van der Waals surface area (Å²) in [7, 11) is 0. The maximum Gasteiger partial charge on any atom is 0.192 e. The monoisotopic (exact) mass is 237 g/mol. The molecule has 3 nitrogen and oxygen atoms in total. The van der Waals surface area contributed by atoms with Gasteiger partial charge in [-0.1, -0.05) is 12.1 Å². The van der Waals surface area contributed by atoms with Crippen LogP contribution in [0, 0.1) is 11.6 Å². The molecule has 0 bridgehead atoms. The minimum absolute atomic E-state index is 0.150. The highest BCUT2D eigenvalue weighted by Gasteiger charge is 2.26. The average Bonchev–Trinajstić information content (AvgIpc) is 2.66. The van der Waals surface area contributed by atoms with Crippen LogP contribution in [0.3, 0.4) is 0 Å². The zero-order valence-electron chi connectivity index (χ0n) is 9.24. The van der Waals surface area contributed by atoms with E-state index in [0.717, 1.165) is 6.07 Å². The van der Waals surface area contributed by atoms with E-state index in [4.69, 9.17) is 5.73 Å². The highest BCUT2D eigenvalue weighted by atomic mass is 19.2. The largest absolute Gasteiger partial charge is 0.370 e. The van der Waals surface area contributed by atoms with Crippen molar-refractivity contribution in [1.29, 1.82) is 0 Å². The Kier molecular flexibility index (Phi) is 3.08. The van der Waals surface area contributed by atoms with Crippen LogP contribution in [0.15, 0.2) is 35.8 Å². The predicted octanol–water partition coefficient (Wildman–Crippen LogP) is 1.82. The van der Waals surface area contributed by atoms with Gasteiger partial charge in [0.15, 0.2) is 17.6 Å². The first kappa shape index (κ1) is 11.6. The van der Waals surface area contributed by atoms with Crippen molar-refractivity contribution in [3.05, 3.63) is 48.1 Å². The van der Waals surface area contributed by atoms with E-state index in [-0.39, 0.29) is 6.04 Å². The summed E-state index contributed by atoms with van der Waals surface area (Å²) in [5.41, 5.74) is 6.38. The topological polar surface area (TPSA) is 41.6 Å². The summed E-state index contributed by atoms with van der Waals surface area (Å²) in [5, 5.41) is 0. The Hall–Kier alpha value is -1.91. The van der Waals surface area contributed by atoms with Gasteiger partial charge in [0.1, 0.15) is 0 Å². The van der Waals surface area contributed by atoms with Crippen molar-refractivity contribution >= 4 is 5.96 Å². The second-order valence-electron chi connectivity index (χ2n) is 3.83. The number of aliphatic imine (C=N–C) groups is 1. The Bertz CT molecular complexity index is 471. The maximum atomic E-state index is 13.2. The fraction of sp³-hybridized carbons (Fsp3) is 0.250. The van der Waals surface area contributed by atoms with Gasteiger partial charge in [-0.05, 0) is 17.7 Å². The normalized spacial score (nSPS) is 19.3. The van der Waals surface area contributed by atoms with Gasteiger partial charge in [0.2, 0.25) is 0 Å². The molecule has 1 aromatic rings. The number of rotatable bonds is 3. The van der Waals surface area contributed by atoms with Crippen molar-refractivity contribution in [1.82, 2.24) is 4.90 Å². The van der Waals surface area contributed by atoms with Crippen LogP contribution in [0.2, 0.25) is 0 Å². The van der Waals surface area contributed by atoms with Crippen LogP contribution in [0.25, 0.3) is 0 Å². The fourth-order valence-corrected chi connectivity index (χ4v) is 1.89. The van der Waals surface area contributed by atoms with Gasteiger partial charge in [0, 0.05) is 6.54 Å². The van der Waals surface area contributed by atoms with Crippen molar-refractivity contribution in [2.45, 2.75) is 6.04 Å². The molecule has 2 N–H and O–H groups in total. The molecule has 1 heterocycles. The summed E-state index contributed by atoms with van der Waals surface area (Å²) in [5.74, 6) is -1.30. The van der Waals surface area contributed by atoms with Crippen molar-refractivity contribution in [3.63, 3.8) is 0 Å². The molecule has 1 aliphatic rings. The lowest BCUT2D eigenvalue weighted by Crippen LogP contribution is -2.36. The van der Waals surface area contributed by atoms with Crippen molar-refractivity contribution in [2.75, 3.05) is 13.1 Å². The fourth-order valence-electron chi connectivity index (χ4n) is 1.89. The molecule has 1 atom stereocenters. The summed E-state index contributed by atoms with van der Waals surface area (Å²) in [6.45, 7) is 4.61. The molecule has 0 saturated carbocycles. The highest BCUT2D eigenvalue weighted by molar-refractivity contribution is 5.80. The Balaban J connectivity index is 2.27. The minimum Gasteiger partial charge on any atom is -0.370 e. The first-order chi connectivity index (χ1) is 8.13. The lowest BCUT2D eigenvalue weighted by atomic mass is 10.1. The van der Waals surface area contributed by atoms with Crippen LogP contribution in [0.4, 0.5) is 8.78 Å². The van der Waals surface area contributed by atoms with Gasteiger partial charge in [-0.25, -0.2) is 8.78 Å². The first-order valence-electron chi connectivity index (χ1n) is 5.26. The standard InChI is InChI=1S/C12H13F2N3/c1-2-5-17-11(7-16-12(17)15)8-3-4-9(13)10(14)6-8/h2-4,6,11H,1,5,7H2,(H2,15,16). The average molecular weight is 237 g/mol. The van der Waals surface area contributed by atoms with Crippen LogP contribution >= 0.6 is 0 Å². The Morgan fingerprint density at radius 2 is 2.24 bits per heavy atom. The molecular weight excluding hydrogens is 224 g/mol. The molecule has 0 fully saturated rings. The Morgan fingerprint density at radius 1 is 1.47 bits per heavy atom. The van der Waals surface area contributed by atoms with E-state index < -0.39 is 11.6 Å². The summed E-state index contributed by atoms with van der Waals surface area (Å²) in [6.07, 6.45) is 1.70. The van der Waals surface area contributed by atoms with Crippen LogP contribution in [-0.2, 0) is 0 Å². The van der Waals surface area contributed by atoms with Gasteiger partial charge in [-0.15, -0.1) is 6.58 Å². The number of hydrogen-bond donors (Lipinski definition) is 1. The van der Waals surface area contributed by atoms with Gasteiger partial charge in [0.25, 0.3) is 0 Å². The van der Waals surface area contributed by atoms with Gasteiger partial charge in [-0.2, -0.15) is 0 Å². The first-order valence-corrected chi connectivity index (χ1v) is 5.26. The number of nitrogens with two attached hydrogens (primary N) is 1. The molecule has 0 radical (unpaired) electrons. The Morgan fingerprint density at radius 3 is 2.88 bits per heavy atom. The summed E-state index contributed by atoms with van der Waals surface area (Å²) >= 11 is 0. The van der Waals surface area contributed by atoms with Crippen molar-refractivity contribution in [2.24, 2.45) is 10.7 Å². The summed E-state index contributed by atoms with van der Waals surface area (Å²) < 4.78 is 26.0. The zero-order chi connectivity index (χ0) is 12.4. The van der Waals surface area contributed by atoms with Gasteiger partial charge in [-0.3, -0.25) is 4.99 Å². The quantitative estimate of drug-likeness (QED) is 0.815. The molecule has 0 saturated heterocycles. The molecule has 90 valence electrons. The minimum atomic E-state index is -0.855. The summed E-state index contributed by atoms with van der Waals surface area (Å²) in [6, 6.07) is 3.70. The number of nitrogens with zero attached hydrogens (tertiary/aromatic N) is 2. The third kappa shape index (κ3) is 2.13. The molecule has 0 amide bonds. The second-order valence-corrected chi connectivity index (χ2v) is 3.83. The predicted molar refractivity (Wildman–Crippen MR) is 62.5 cm³/mol. The molecule has 17 heavy (non-hydrogen) atoms. The third-order valence-corrected chi connectivity index (χ3v) is 2.75. The van der Waals surface area contributed by atoms with Gasteiger partial charge in [0.05, 0.1) is 12.6 Å². The van der Waals surface area contributed by atoms with Crippen LogP contribution in [0.1, 0.15) is 11.6 Å². The summed E-state index contributed by atoms with van der Waals surface area (Å²) in [4.78, 5) is 5.91. The maximum absolute atomic E-state index is 13.2. The van der Waals surface area contributed by atoms with E-state index >= 15 is 0 Å². The van der Waals surface area contributed by atoms with Crippen molar-refractivity contribution in [3.8, 4) is 0 Å². The molecule has 0 aromatic heterocycles. The Labute approximate surface area is 98.3 Å². The molecule has 1 aliphatic heterocycles. The lowest BCUT2D eigenvalue weighted by Gasteiger charge is -2.25. The molecule has 5 heteroatoms. The van der Waals surface area contributed by atoms with E-state index in [0.29, 0.717) is 24.6 Å². The number of guanidine groups is 1. The van der Waals surface area contributed by atoms with Crippen LogP contribution < -0.4 is 5.73 Å². The third-order valence-electron chi connectivity index (χ3n) is 2.75. The molecule has 0 spiro atoms. The van der Waals surface area contributed by atoms with Gasteiger partial charge < -0.3 is 10.6 Å². The number of hydrogen-bond acceptors (Lipinski definition) is 3. The molecule has 1 unspecified atom stereocenters.